The summed E-state index contributed by atoms with van der Waals surface area (Å²) in [5.41, 5.74) is 0. The number of methoxy groups -OCH3 is 1. The quantitative estimate of drug-likeness (QED) is 0.403. The van der Waals surface area contributed by atoms with Crippen LogP contribution in [0.15, 0.2) is 0 Å². The van der Waals surface area contributed by atoms with E-state index in [-0.39, 0.29) is 13.2 Å². The first-order chi connectivity index (χ1) is 5.52. The average molecular weight is 197 g/mol. The van der Waals surface area contributed by atoms with Crippen molar-refractivity contribution in [3.8, 4) is 0 Å². The molecule has 0 spiro atoms. The van der Waals surface area contributed by atoms with Gasteiger partial charge in [-0.1, -0.05) is 0 Å². The summed E-state index contributed by atoms with van der Waals surface area (Å²) in [4.78, 5) is 9.86. The maximum absolute atomic E-state index is 10.5. The van der Waals surface area contributed by atoms with Crippen LogP contribution in [0.2, 0.25) is 0 Å². The van der Waals surface area contributed by atoms with Crippen molar-refractivity contribution in [2.75, 3.05) is 20.3 Å². The van der Waals surface area contributed by atoms with Crippen molar-refractivity contribution in [1.29, 1.82) is 0 Å². The molecule has 6 nitrogen and oxygen atoms in total. The Balaban J connectivity index is 4.13. The molecule has 0 rings (SSSR count). The standard InChI is InChI=1S/C5H11NO5S/c1-11-4-5(6-2-3-7)12(8,9)10/h3,5-6H,2,4H2,1H3,(H,8,9,10). The van der Waals surface area contributed by atoms with Crippen molar-refractivity contribution in [2.24, 2.45) is 0 Å². The molecule has 0 aromatic heterocycles. The lowest BCUT2D eigenvalue weighted by Gasteiger charge is -2.12. The molecule has 0 aliphatic carbocycles. The molecule has 0 saturated heterocycles. The SMILES string of the molecule is COCC(NCC=O)S(=O)(=O)O. The molecule has 0 heterocycles. The van der Waals surface area contributed by atoms with Gasteiger partial charge in [-0.15, -0.1) is 0 Å². The highest BCUT2D eigenvalue weighted by Crippen LogP contribution is 1.93. The molecule has 0 radical (unpaired) electrons. The molecule has 0 fully saturated rings. The summed E-state index contributed by atoms with van der Waals surface area (Å²) in [6.45, 7) is -0.347. The van der Waals surface area contributed by atoms with Crippen molar-refractivity contribution in [3.05, 3.63) is 0 Å². The number of rotatable bonds is 6. The molecule has 0 bridgehead atoms. The van der Waals surface area contributed by atoms with Gasteiger partial charge < -0.3 is 9.53 Å². The van der Waals surface area contributed by atoms with E-state index in [1.165, 1.54) is 7.11 Å². The number of hydrogen-bond acceptors (Lipinski definition) is 5. The minimum atomic E-state index is -4.19. The molecule has 12 heavy (non-hydrogen) atoms. The Labute approximate surface area is 70.7 Å². The zero-order chi connectivity index (χ0) is 9.61. The predicted molar refractivity (Wildman–Crippen MR) is 41.3 cm³/mol. The summed E-state index contributed by atoms with van der Waals surface area (Å²) in [5, 5.41) is 1.04. The minimum Gasteiger partial charge on any atom is -0.382 e. The second-order valence-electron chi connectivity index (χ2n) is 2.03. The highest BCUT2D eigenvalue weighted by molar-refractivity contribution is 7.86. The summed E-state index contributed by atoms with van der Waals surface area (Å²) < 4.78 is 34.1. The number of hydrogen-bond donors (Lipinski definition) is 2. The number of nitrogens with one attached hydrogen (secondary N) is 1. The molecule has 0 aromatic rings. The summed E-state index contributed by atoms with van der Waals surface area (Å²) in [5.74, 6) is 0. The van der Waals surface area contributed by atoms with Crippen LogP contribution < -0.4 is 5.32 Å². The van der Waals surface area contributed by atoms with E-state index in [0.717, 1.165) is 0 Å². The van der Waals surface area contributed by atoms with Crippen LogP contribution in [0.25, 0.3) is 0 Å². The Morgan fingerprint density at radius 3 is 2.58 bits per heavy atom. The summed E-state index contributed by atoms with van der Waals surface area (Å²) in [6.07, 6.45) is 0.494. The third-order valence-electron chi connectivity index (χ3n) is 1.11. The molecule has 1 unspecified atom stereocenters. The van der Waals surface area contributed by atoms with Crippen molar-refractivity contribution in [1.82, 2.24) is 5.32 Å². The van der Waals surface area contributed by atoms with Gasteiger partial charge in [-0.2, -0.15) is 8.42 Å². The van der Waals surface area contributed by atoms with Crippen molar-refractivity contribution >= 4 is 16.4 Å². The maximum Gasteiger partial charge on any atom is 0.283 e. The Morgan fingerprint density at radius 2 is 2.25 bits per heavy atom. The summed E-state index contributed by atoms with van der Waals surface area (Å²) >= 11 is 0. The average Bonchev–Trinajstić information content (AvgIpc) is 1.95. The first-order valence-electron chi connectivity index (χ1n) is 3.14. The molecule has 0 amide bonds. The zero-order valence-corrected chi connectivity index (χ0v) is 7.37. The Morgan fingerprint density at radius 1 is 1.67 bits per heavy atom. The van der Waals surface area contributed by atoms with E-state index in [0.29, 0.717) is 6.29 Å². The van der Waals surface area contributed by atoms with Gasteiger partial charge in [0.05, 0.1) is 13.2 Å². The van der Waals surface area contributed by atoms with Gasteiger partial charge in [0, 0.05) is 7.11 Å². The van der Waals surface area contributed by atoms with Crippen LogP contribution in [0.4, 0.5) is 0 Å². The van der Waals surface area contributed by atoms with Gasteiger partial charge in [-0.25, -0.2) is 0 Å². The van der Waals surface area contributed by atoms with Gasteiger partial charge in [-0.05, 0) is 0 Å². The smallest absolute Gasteiger partial charge is 0.283 e. The Hall–Kier alpha value is -0.500. The first-order valence-corrected chi connectivity index (χ1v) is 4.65. The molecule has 1 atom stereocenters. The van der Waals surface area contributed by atoms with Crippen molar-refractivity contribution in [2.45, 2.75) is 5.37 Å². The van der Waals surface area contributed by atoms with Crippen LogP contribution in [0.5, 0.6) is 0 Å². The van der Waals surface area contributed by atoms with E-state index < -0.39 is 15.5 Å². The number of ether oxygens (including phenoxy) is 1. The Bertz CT molecular complexity index is 224. The van der Waals surface area contributed by atoms with Crippen LogP contribution in [-0.4, -0.2) is 44.9 Å². The van der Waals surface area contributed by atoms with E-state index in [1.54, 1.807) is 0 Å². The molecule has 72 valence electrons. The zero-order valence-electron chi connectivity index (χ0n) is 6.56. The highest BCUT2D eigenvalue weighted by atomic mass is 32.2. The lowest BCUT2D eigenvalue weighted by molar-refractivity contribution is -0.107. The van der Waals surface area contributed by atoms with Crippen LogP contribution in [-0.2, 0) is 19.6 Å². The molecule has 0 aromatic carbocycles. The molecule has 7 heteroatoms. The fourth-order valence-electron chi connectivity index (χ4n) is 0.581. The number of carbonyl (C=O) groups is 1. The molecule has 0 aliphatic heterocycles. The molecule has 2 N–H and O–H groups in total. The van der Waals surface area contributed by atoms with E-state index in [1.807, 2.05) is 0 Å². The third-order valence-corrected chi connectivity index (χ3v) is 2.13. The minimum absolute atomic E-state index is 0.145. The van der Waals surface area contributed by atoms with E-state index >= 15 is 0 Å². The second-order valence-corrected chi connectivity index (χ2v) is 3.63. The van der Waals surface area contributed by atoms with E-state index in [2.05, 4.69) is 10.1 Å². The monoisotopic (exact) mass is 197 g/mol. The normalized spacial score (nSPS) is 14.2. The maximum atomic E-state index is 10.5. The molecular weight excluding hydrogens is 186 g/mol. The highest BCUT2D eigenvalue weighted by Gasteiger charge is 2.21. The van der Waals surface area contributed by atoms with Crippen LogP contribution in [0, 0.1) is 0 Å². The largest absolute Gasteiger partial charge is 0.382 e. The number of carbonyl (C=O) groups excluding carboxylic acids is 1. The van der Waals surface area contributed by atoms with Gasteiger partial charge in [0.15, 0.2) is 5.37 Å². The van der Waals surface area contributed by atoms with E-state index in [9.17, 15) is 13.2 Å². The van der Waals surface area contributed by atoms with Crippen molar-refractivity contribution < 1.29 is 22.5 Å². The molecule has 0 saturated carbocycles. The van der Waals surface area contributed by atoms with Crippen LogP contribution in [0.3, 0.4) is 0 Å². The van der Waals surface area contributed by atoms with Gasteiger partial charge in [0.25, 0.3) is 10.1 Å². The van der Waals surface area contributed by atoms with Gasteiger partial charge in [0.1, 0.15) is 6.29 Å². The van der Waals surface area contributed by atoms with Gasteiger partial charge in [0.2, 0.25) is 0 Å². The molecule has 0 aliphatic rings. The van der Waals surface area contributed by atoms with Crippen LogP contribution in [0.1, 0.15) is 0 Å². The topological polar surface area (TPSA) is 92.7 Å². The van der Waals surface area contributed by atoms with Gasteiger partial charge >= 0.3 is 0 Å². The fraction of sp³-hybridized carbons (Fsp3) is 0.800. The third kappa shape index (κ3) is 4.39. The summed E-state index contributed by atoms with van der Waals surface area (Å²) in [7, 11) is -2.90. The first kappa shape index (κ1) is 11.5. The number of aldehydes is 1. The van der Waals surface area contributed by atoms with Crippen LogP contribution >= 0.6 is 0 Å². The molecular formula is C5H11NO5S. The summed E-state index contributed by atoms with van der Waals surface area (Å²) in [6, 6.07) is 0. The Kier molecular flexibility index (Phi) is 4.98. The van der Waals surface area contributed by atoms with Gasteiger partial charge in [-0.3, -0.25) is 9.87 Å². The fourth-order valence-corrected chi connectivity index (χ4v) is 1.20. The van der Waals surface area contributed by atoms with Crippen molar-refractivity contribution in [3.63, 3.8) is 0 Å². The lowest BCUT2D eigenvalue weighted by atomic mass is 10.6. The second kappa shape index (κ2) is 5.20. The van der Waals surface area contributed by atoms with E-state index in [4.69, 9.17) is 4.55 Å². The predicted octanol–water partition coefficient (Wildman–Crippen LogP) is -1.36. The lowest BCUT2D eigenvalue weighted by Crippen LogP contribution is -2.40.